The Morgan fingerprint density at radius 3 is 2.46 bits per heavy atom. The Morgan fingerprint density at radius 1 is 0.971 bits per heavy atom. The topological polar surface area (TPSA) is 95.8 Å². The summed E-state index contributed by atoms with van der Waals surface area (Å²) in [6.07, 6.45) is 5.22. The highest BCUT2D eigenvalue weighted by molar-refractivity contribution is 7.89. The number of thiazole rings is 1. The third-order valence-corrected chi connectivity index (χ3v) is 9.58. The number of anilines is 1. The molecular weight excluding hydrogens is 486 g/mol. The highest BCUT2D eigenvalue weighted by Crippen LogP contribution is 2.26. The summed E-state index contributed by atoms with van der Waals surface area (Å²) < 4.78 is 30.3. The third-order valence-electron chi connectivity index (χ3n) is 6.75. The maximum atomic E-state index is 13.3. The van der Waals surface area contributed by atoms with Crippen molar-refractivity contribution in [3.63, 3.8) is 0 Å². The Bertz CT molecular complexity index is 1360. The third kappa shape index (κ3) is 4.98. The van der Waals surface area contributed by atoms with Crippen LogP contribution in [0.3, 0.4) is 0 Å². The van der Waals surface area contributed by atoms with Crippen molar-refractivity contribution in [1.82, 2.24) is 18.8 Å². The summed E-state index contributed by atoms with van der Waals surface area (Å²) in [5, 5.41) is 0. The maximum absolute atomic E-state index is 13.3. The fourth-order valence-corrected chi connectivity index (χ4v) is 7.26. The minimum atomic E-state index is -3.68. The number of pyridine rings is 1. The number of likely N-dealkylation sites (tertiary alicyclic amines) is 1. The van der Waals surface area contributed by atoms with E-state index in [1.807, 2.05) is 23.1 Å². The van der Waals surface area contributed by atoms with Crippen LogP contribution in [0, 0.1) is 0 Å². The van der Waals surface area contributed by atoms with Crippen LogP contribution in [0.15, 0.2) is 52.3 Å². The first-order valence-electron chi connectivity index (χ1n) is 12.0. The van der Waals surface area contributed by atoms with E-state index < -0.39 is 10.0 Å². The van der Waals surface area contributed by atoms with Crippen molar-refractivity contribution in [2.45, 2.75) is 37.1 Å². The average molecular weight is 516 g/mol. The standard InChI is InChI=1S/C24H29N5O4S2/c30-23(27-11-4-1-5-12-27)9-13-29-20-8-7-19(18-21(20)34-24(29)31)35(32,33)28-16-14-26(15-17-28)22-6-2-3-10-25-22/h2-3,6-8,10,18H,1,4-5,9,11-17H2. The average Bonchev–Trinajstić information content (AvgIpc) is 3.22. The van der Waals surface area contributed by atoms with Crippen LogP contribution in [0.4, 0.5) is 5.82 Å². The number of hydrogen-bond donors (Lipinski definition) is 0. The van der Waals surface area contributed by atoms with E-state index in [1.54, 1.807) is 29.0 Å². The van der Waals surface area contributed by atoms with Crippen molar-refractivity contribution in [1.29, 1.82) is 0 Å². The Kier molecular flexibility index (Phi) is 6.90. The summed E-state index contributed by atoms with van der Waals surface area (Å²) in [7, 11) is -3.68. The summed E-state index contributed by atoms with van der Waals surface area (Å²) in [5.74, 6) is 0.913. The van der Waals surface area contributed by atoms with Crippen molar-refractivity contribution < 1.29 is 13.2 Å². The second-order valence-corrected chi connectivity index (χ2v) is 11.9. The first kappa shape index (κ1) is 24.0. The molecule has 0 radical (unpaired) electrons. The molecule has 0 spiro atoms. The van der Waals surface area contributed by atoms with Gasteiger partial charge in [0, 0.05) is 58.4 Å². The number of aromatic nitrogens is 2. The monoisotopic (exact) mass is 515 g/mol. The Hall–Kier alpha value is -2.76. The number of benzene rings is 1. The molecule has 2 saturated heterocycles. The number of aryl methyl sites for hydroxylation is 1. The molecule has 9 nitrogen and oxygen atoms in total. The number of nitrogens with zero attached hydrogens (tertiary/aromatic N) is 5. The number of carbonyl (C=O) groups excluding carboxylic acids is 1. The minimum Gasteiger partial charge on any atom is -0.354 e. The van der Waals surface area contributed by atoms with Gasteiger partial charge in [-0.15, -0.1) is 0 Å². The summed E-state index contributed by atoms with van der Waals surface area (Å²) in [5.41, 5.74) is 0.672. The molecule has 0 bridgehead atoms. The molecule has 0 atom stereocenters. The Morgan fingerprint density at radius 2 is 1.74 bits per heavy atom. The van der Waals surface area contributed by atoms with Crippen molar-refractivity contribution in [3.05, 3.63) is 52.3 Å². The molecule has 186 valence electrons. The summed E-state index contributed by atoms with van der Waals surface area (Å²) in [6, 6.07) is 10.5. The summed E-state index contributed by atoms with van der Waals surface area (Å²) >= 11 is 1.02. The van der Waals surface area contributed by atoms with Gasteiger partial charge in [-0.3, -0.25) is 14.2 Å². The molecule has 1 aromatic carbocycles. The summed E-state index contributed by atoms with van der Waals surface area (Å²) in [6.45, 7) is 3.74. The molecule has 0 unspecified atom stereocenters. The number of rotatable bonds is 6. The zero-order valence-corrected chi connectivity index (χ0v) is 21.1. The van der Waals surface area contributed by atoms with Gasteiger partial charge in [0.2, 0.25) is 15.9 Å². The van der Waals surface area contributed by atoms with Gasteiger partial charge < -0.3 is 9.80 Å². The van der Waals surface area contributed by atoms with Crippen LogP contribution in [0.1, 0.15) is 25.7 Å². The predicted molar refractivity (Wildman–Crippen MR) is 136 cm³/mol. The van der Waals surface area contributed by atoms with E-state index in [-0.39, 0.29) is 22.1 Å². The molecule has 0 saturated carbocycles. The van der Waals surface area contributed by atoms with Crippen LogP contribution in [-0.4, -0.2) is 72.3 Å². The van der Waals surface area contributed by atoms with Gasteiger partial charge in [0.1, 0.15) is 5.82 Å². The van der Waals surface area contributed by atoms with Crippen LogP contribution in [0.25, 0.3) is 10.2 Å². The van der Waals surface area contributed by atoms with Gasteiger partial charge in [-0.25, -0.2) is 13.4 Å². The van der Waals surface area contributed by atoms with Crippen LogP contribution in [0.2, 0.25) is 0 Å². The zero-order chi connectivity index (χ0) is 24.4. The number of piperazine rings is 1. The second kappa shape index (κ2) is 10.1. The first-order valence-corrected chi connectivity index (χ1v) is 14.3. The van der Waals surface area contributed by atoms with E-state index >= 15 is 0 Å². The second-order valence-electron chi connectivity index (χ2n) is 8.92. The molecule has 2 aliphatic heterocycles. The number of piperidine rings is 1. The van der Waals surface area contributed by atoms with Gasteiger partial charge in [-0.1, -0.05) is 17.4 Å². The van der Waals surface area contributed by atoms with Gasteiger partial charge >= 0.3 is 4.87 Å². The van der Waals surface area contributed by atoms with E-state index in [4.69, 9.17) is 0 Å². The number of fused-ring (bicyclic) bond motifs is 1. The molecule has 2 aromatic heterocycles. The first-order chi connectivity index (χ1) is 16.9. The molecule has 2 fully saturated rings. The normalized spacial score (nSPS) is 17.7. The minimum absolute atomic E-state index is 0.0694. The zero-order valence-electron chi connectivity index (χ0n) is 19.5. The molecule has 5 rings (SSSR count). The van der Waals surface area contributed by atoms with Gasteiger partial charge in [0.25, 0.3) is 0 Å². The fourth-order valence-electron chi connectivity index (χ4n) is 4.78. The SMILES string of the molecule is O=C(CCn1c(=O)sc2cc(S(=O)(=O)N3CCN(c4ccccn4)CC3)ccc21)N1CCCCC1. The number of hydrogen-bond acceptors (Lipinski definition) is 7. The molecule has 0 N–H and O–H groups in total. The van der Waals surface area contributed by atoms with Gasteiger partial charge in [-0.2, -0.15) is 4.31 Å². The van der Waals surface area contributed by atoms with Crippen LogP contribution < -0.4 is 9.77 Å². The lowest BCUT2D eigenvalue weighted by Crippen LogP contribution is -2.48. The molecule has 1 amide bonds. The molecule has 35 heavy (non-hydrogen) atoms. The van der Waals surface area contributed by atoms with Crippen LogP contribution in [0.5, 0.6) is 0 Å². The molecule has 11 heteroatoms. The van der Waals surface area contributed by atoms with Crippen molar-refractivity contribution in [3.8, 4) is 0 Å². The lowest BCUT2D eigenvalue weighted by Gasteiger charge is -2.34. The smallest absolute Gasteiger partial charge is 0.308 e. The van der Waals surface area contributed by atoms with Crippen molar-refractivity contribution in [2.24, 2.45) is 0 Å². The summed E-state index contributed by atoms with van der Waals surface area (Å²) in [4.78, 5) is 33.5. The highest BCUT2D eigenvalue weighted by Gasteiger charge is 2.29. The van der Waals surface area contributed by atoms with E-state index in [9.17, 15) is 18.0 Å². The molecule has 2 aliphatic rings. The van der Waals surface area contributed by atoms with E-state index in [2.05, 4.69) is 9.88 Å². The van der Waals surface area contributed by atoms with Gasteiger partial charge in [0.15, 0.2) is 0 Å². The molecule has 0 aliphatic carbocycles. The predicted octanol–water partition coefficient (Wildman–Crippen LogP) is 2.37. The van der Waals surface area contributed by atoms with E-state index in [0.717, 1.165) is 49.5 Å². The van der Waals surface area contributed by atoms with E-state index in [0.29, 0.717) is 42.9 Å². The molecular formula is C24H29N5O4S2. The largest absolute Gasteiger partial charge is 0.354 e. The number of carbonyl (C=O) groups is 1. The number of amides is 1. The van der Waals surface area contributed by atoms with Gasteiger partial charge in [-0.05, 0) is 49.6 Å². The lowest BCUT2D eigenvalue weighted by molar-refractivity contribution is -0.132. The Balaban J connectivity index is 1.29. The van der Waals surface area contributed by atoms with Gasteiger partial charge in [0.05, 0.1) is 15.1 Å². The van der Waals surface area contributed by atoms with Crippen molar-refractivity contribution in [2.75, 3.05) is 44.2 Å². The number of sulfonamides is 1. The Labute approximate surface area is 208 Å². The fraction of sp³-hybridized carbons (Fsp3) is 0.458. The quantitative estimate of drug-likeness (QED) is 0.500. The van der Waals surface area contributed by atoms with Crippen LogP contribution in [-0.2, 0) is 21.4 Å². The highest BCUT2D eigenvalue weighted by atomic mass is 32.2. The van der Waals surface area contributed by atoms with Crippen LogP contribution >= 0.6 is 11.3 Å². The van der Waals surface area contributed by atoms with Crippen molar-refractivity contribution >= 4 is 43.3 Å². The lowest BCUT2D eigenvalue weighted by atomic mass is 10.1. The maximum Gasteiger partial charge on any atom is 0.308 e. The van der Waals surface area contributed by atoms with E-state index in [1.165, 1.54) is 4.31 Å². The molecule has 3 aromatic rings. The molecule has 4 heterocycles.